The molecule has 10 heteroatoms. The minimum atomic E-state index is -3.78. The largest absolute Gasteiger partial charge is 0.352 e. The molecule has 1 aliphatic rings. The molecule has 4 aromatic rings. The number of rotatable bonds is 7. The fraction of sp³-hybridized carbons (Fsp3) is 0.214. The highest BCUT2D eigenvalue weighted by molar-refractivity contribution is 7.91. The zero-order chi connectivity index (χ0) is 26.7. The van der Waals surface area contributed by atoms with Gasteiger partial charge in [0, 0.05) is 37.6 Å². The minimum Gasteiger partial charge on any atom is -0.352 e. The van der Waals surface area contributed by atoms with E-state index >= 15 is 0 Å². The Kier molecular flexibility index (Phi) is 7.06. The van der Waals surface area contributed by atoms with Crippen LogP contribution in [0.1, 0.15) is 23.2 Å². The summed E-state index contributed by atoms with van der Waals surface area (Å²) >= 11 is 0. The van der Waals surface area contributed by atoms with Gasteiger partial charge in [0.2, 0.25) is 0 Å². The van der Waals surface area contributed by atoms with Crippen molar-refractivity contribution in [3.63, 3.8) is 0 Å². The van der Waals surface area contributed by atoms with E-state index < -0.39 is 21.1 Å². The predicted molar refractivity (Wildman–Crippen MR) is 144 cm³/mol. The number of benzene rings is 2. The molecule has 3 heterocycles. The van der Waals surface area contributed by atoms with E-state index in [9.17, 15) is 22.8 Å². The van der Waals surface area contributed by atoms with Crippen LogP contribution in [0, 0.1) is 0 Å². The summed E-state index contributed by atoms with van der Waals surface area (Å²) in [6.45, 7) is 0.493. The Balaban J connectivity index is 1.33. The van der Waals surface area contributed by atoms with Crippen molar-refractivity contribution in [3.05, 3.63) is 106 Å². The normalized spacial score (nSPS) is 14.0. The first-order valence-corrected chi connectivity index (χ1v) is 14.0. The lowest BCUT2D eigenvalue weighted by atomic mass is 10.1. The molecule has 9 nitrogen and oxygen atoms in total. The smallest absolute Gasteiger partial charge is 0.332 e. The van der Waals surface area contributed by atoms with Crippen LogP contribution in [0.15, 0.2) is 93.7 Å². The second-order valence-corrected chi connectivity index (χ2v) is 11.1. The molecule has 0 spiro atoms. The van der Waals surface area contributed by atoms with E-state index in [1.807, 2.05) is 24.3 Å². The molecular weight excluding hydrogens is 504 g/mol. The summed E-state index contributed by atoms with van der Waals surface area (Å²) in [6, 6.07) is 19.5. The minimum absolute atomic E-state index is 0.0163. The molecule has 38 heavy (non-hydrogen) atoms. The number of pyridine rings is 1. The standard InChI is InChI=1S/C28H26N4O5S/c33-25(22-12-10-20(11-13-22)23-9-4-14-29-19-23)30-15-5-16-31-26(34)24(21-7-2-1-3-8-21)27-32(28(31)35)17-6-18-38(27,36)37/h1-4,7-14,19H,5-6,15-18H2,(H,30,33). The molecule has 194 valence electrons. The lowest BCUT2D eigenvalue weighted by molar-refractivity contribution is 0.0952. The average Bonchev–Trinajstić information content (AvgIpc) is 2.94. The molecule has 0 aliphatic carbocycles. The van der Waals surface area contributed by atoms with Crippen LogP contribution in [0.25, 0.3) is 22.3 Å². The van der Waals surface area contributed by atoms with Crippen LogP contribution in [0.5, 0.6) is 0 Å². The zero-order valence-corrected chi connectivity index (χ0v) is 21.4. The predicted octanol–water partition coefficient (Wildman–Crippen LogP) is 2.74. The number of carbonyl (C=O) groups is 1. The third-order valence-electron chi connectivity index (χ3n) is 6.52. The molecule has 0 atom stereocenters. The Bertz CT molecular complexity index is 1690. The number of carbonyl (C=O) groups excluding carboxylic acids is 1. The number of fused-ring (bicyclic) bond motifs is 1. The van der Waals surface area contributed by atoms with Gasteiger partial charge in [-0.15, -0.1) is 0 Å². The maximum absolute atomic E-state index is 13.4. The number of hydrogen-bond acceptors (Lipinski definition) is 6. The van der Waals surface area contributed by atoms with Crippen LogP contribution >= 0.6 is 0 Å². The highest BCUT2D eigenvalue weighted by atomic mass is 32.2. The van der Waals surface area contributed by atoms with Gasteiger partial charge in [0.25, 0.3) is 11.5 Å². The Morgan fingerprint density at radius 2 is 1.66 bits per heavy atom. The first-order valence-electron chi connectivity index (χ1n) is 12.3. The summed E-state index contributed by atoms with van der Waals surface area (Å²) < 4.78 is 28.1. The lowest BCUT2D eigenvalue weighted by Crippen LogP contribution is -2.45. The molecule has 0 saturated carbocycles. The van der Waals surface area contributed by atoms with E-state index in [1.54, 1.807) is 54.9 Å². The van der Waals surface area contributed by atoms with Crippen LogP contribution in [0.3, 0.4) is 0 Å². The van der Waals surface area contributed by atoms with Crippen molar-refractivity contribution in [1.29, 1.82) is 0 Å². The monoisotopic (exact) mass is 530 g/mol. The fourth-order valence-corrected chi connectivity index (χ4v) is 6.37. The molecule has 0 unspecified atom stereocenters. The topological polar surface area (TPSA) is 120 Å². The van der Waals surface area contributed by atoms with Crippen LogP contribution in [0.2, 0.25) is 0 Å². The molecule has 1 aliphatic heterocycles. The van der Waals surface area contributed by atoms with E-state index in [4.69, 9.17) is 0 Å². The van der Waals surface area contributed by atoms with Crippen molar-refractivity contribution in [1.82, 2.24) is 19.4 Å². The van der Waals surface area contributed by atoms with E-state index in [0.29, 0.717) is 24.0 Å². The van der Waals surface area contributed by atoms with Crippen LogP contribution < -0.4 is 16.6 Å². The summed E-state index contributed by atoms with van der Waals surface area (Å²) in [5, 5.41) is 2.61. The van der Waals surface area contributed by atoms with Crippen molar-refractivity contribution in [3.8, 4) is 22.3 Å². The quantitative estimate of drug-likeness (QED) is 0.290. The molecule has 0 bridgehead atoms. The van der Waals surface area contributed by atoms with Gasteiger partial charge in [-0.3, -0.25) is 23.7 Å². The first kappa shape index (κ1) is 25.3. The third kappa shape index (κ3) is 4.95. The van der Waals surface area contributed by atoms with E-state index in [1.165, 1.54) is 4.57 Å². The van der Waals surface area contributed by atoms with Crippen LogP contribution in [0.4, 0.5) is 0 Å². The van der Waals surface area contributed by atoms with Gasteiger partial charge in [0.1, 0.15) is 0 Å². The Morgan fingerprint density at radius 1 is 0.921 bits per heavy atom. The molecule has 5 rings (SSSR count). The van der Waals surface area contributed by atoms with Crippen molar-refractivity contribution in [2.24, 2.45) is 0 Å². The molecule has 1 N–H and O–H groups in total. The van der Waals surface area contributed by atoms with E-state index in [2.05, 4.69) is 10.3 Å². The Hall–Kier alpha value is -4.31. The molecule has 0 saturated heterocycles. The first-order chi connectivity index (χ1) is 18.4. The summed E-state index contributed by atoms with van der Waals surface area (Å²) in [7, 11) is -3.78. The molecular formula is C28H26N4O5S. The second kappa shape index (κ2) is 10.6. The van der Waals surface area contributed by atoms with Gasteiger partial charge in [0.15, 0.2) is 14.9 Å². The number of amides is 1. The number of aromatic nitrogens is 3. The molecule has 0 radical (unpaired) electrons. The van der Waals surface area contributed by atoms with Crippen molar-refractivity contribution in [2.45, 2.75) is 31.0 Å². The Labute approximate surface area is 219 Å². The molecule has 1 amide bonds. The van der Waals surface area contributed by atoms with Crippen LogP contribution in [-0.2, 0) is 22.9 Å². The van der Waals surface area contributed by atoms with Gasteiger partial charge in [-0.1, -0.05) is 48.5 Å². The van der Waals surface area contributed by atoms with E-state index in [-0.39, 0.29) is 41.9 Å². The average molecular weight is 531 g/mol. The van der Waals surface area contributed by atoms with Gasteiger partial charge < -0.3 is 5.32 Å². The fourth-order valence-electron chi connectivity index (χ4n) is 4.65. The van der Waals surface area contributed by atoms with E-state index in [0.717, 1.165) is 15.7 Å². The Morgan fingerprint density at radius 3 is 2.37 bits per heavy atom. The second-order valence-electron chi connectivity index (χ2n) is 9.04. The third-order valence-corrected chi connectivity index (χ3v) is 8.36. The van der Waals surface area contributed by atoms with Gasteiger partial charge in [-0.05, 0) is 47.7 Å². The van der Waals surface area contributed by atoms with Gasteiger partial charge >= 0.3 is 5.69 Å². The lowest BCUT2D eigenvalue weighted by Gasteiger charge is -2.23. The number of nitrogens with one attached hydrogen (secondary N) is 1. The molecule has 0 fully saturated rings. The van der Waals surface area contributed by atoms with Crippen LogP contribution in [-0.4, -0.2) is 40.7 Å². The zero-order valence-electron chi connectivity index (χ0n) is 20.5. The van der Waals surface area contributed by atoms with Crippen molar-refractivity contribution < 1.29 is 13.2 Å². The maximum Gasteiger partial charge on any atom is 0.332 e. The summed E-state index contributed by atoms with van der Waals surface area (Å²) in [4.78, 5) is 43.3. The molecule has 2 aromatic carbocycles. The van der Waals surface area contributed by atoms with Gasteiger partial charge in [0.05, 0.1) is 11.3 Å². The summed E-state index contributed by atoms with van der Waals surface area (Å²) in [5.74, 6) is -0.376. The van der Waals surface area contributed by atoms with Gasteiger partial charge in [-0.25, -0.2) is 13.2 Å². The van der Waals surface area contributed by atoms with Crippen molar-refractivity contribution >= 4 is 15.7 Å². The number of nitrogens with zero attached hydrogens (tertiary/aromatic N) is 3. The summed E-state index contributed by atoms with van der Waals surface area (Å²) in [5.41, 5.74) is 1.55. The van der Waals surface area contributed by atoms with Crippen molar-refractivity contribution in [2.75, 3.05) is 12.3 Å². The highest BCUT2D eigenvalue weighted by Crippen LogP contribution is 2.27. The summed E-state index contributed by atoms with van der Waals surface area (Å²) in [6.07, 6.45) is 4.06. The molecule has 2 aromatic heterocycles. The highest BCUT2D eigenvalue weighted by Gasteiger charge is 2.32. The van der Waals surface area contributed by atoms with Gasteiger partial charge in [-0.2, -0.15) is 0 Å². The number of sulfone groups is 1. The number of hydrogen-bond donors (Lipinski definition) is 1. The SMILES string of the molecule is O=C(NCCCn1c(=O)c(-c2ccccc2)c2n(c1=O)CCCS2(=O)=O)c1ccc(-c2cccnc2)cc1. The maximum atomic E-state index is 13.4.